The number of aliphatic imine (C=N–C) groups is 1. The average Bonchev–Trinajstić information content (AvgIpc) is 2.94. The van der Waals surface area contributed by atoms with E-state index in [0.29, 0.717) is 17.9 Å². The topological polar surface area (TPSA) is 61.7 Å². The minimum absolute atomic E-state index is 0.0156. The molecule has 2 saturated carbocycles. The van der Waals surface area contributed by atoms with Gasteiger partial charge in [-0.25, -0.2) is 0 Å². The van der Waals surface area contributed by atoms with Gasteiger partial charge in [0, 0.05) is 6.04 Å². The summed E-state index contributed by atoms with van der Waals surface area (Å²) in [5.74, 6) is 1.25. The molecule has 1 unspecified atom stereocenters. The maximum absolute atomic E-state index is 12.0. The largest absolute Gasteiger partial charge is 0.393 e. The van der Waals surface area contributed by atoms with E-state index in [-0.39, 0.29) is 17.9 Å². The minimum atomic E-state index is -0.417. The summed E-state index contributed by atoms with van der Waals surface area (Å²) < 4.78 is -0.417. The normalized spacial score (nSPS) is 45.1. The first-order chi connectivity index (χ1) is 8.90. The molecule has 19 heavy (non-hydrogen) atoms. The van der Waals surface area contributed by atoms with Crippen LogP contribution in [-0.2, 0) is 4.79 Å². The molecule has 2 N–H and O–H groups in total. The van der Waals surface area contributed by atoms with Crippen molar-refractivity contribution in [1.82, 2.24) is 5.32 Å². The van der Waals surface area contributed by atoms with Crippen LogP contribution in [0.5, 0.6) is 0 Å². The van der Waals surface area contributed by atoms with Crippen molar-refractivity contribution in [3.63, 3.8) is 0 Å². The van der Waals surface area contributed by atoms with E-state index in [4.69, 9.17) is 0 Å². The summed E-state index contributed by atoms with van der Waals surface area (Å²) in [5.41, 5.74) is 0. The van der Waals surface area contributed by atoms with Crippen molar-refractivity contribution in [1.29, 1.82) is 0 Å². The fourth-order valence-electron chi connectivity index (χ4n) is 3.48. The van der Waals surface area contributed by atoms with Crippen molar-refractivity contribution < 1.29 is 9.90 Å². The molecule has 0 aromatic rings. The Balaban J connectivity index is 1.64. The molecule has 2 bridgehead atoms. The van der Waals surface area contributed by atoms with Crippen LogP contribution in [0.1, 0.15) is 40.0 Å². The van der Waals surface area contributed by atoms with Crippen LogP contribution in [0, 0.1) is 17.8 Å². The van der Waals surface area contributed by atoms with Gasteiger partial charge in [0.2, 0.25) is 0 Å². The second kappa shape index (κ2) is 4.48. The van der Waals surface area contributed by atoms with Gasteiger partial charge in [0.15, 0.2) is 5.17 Å². The Labute approximate surface area is 118 Å². The van der Waals surface area contributed by atoms with E-state index in [9.17, 15) is 9.90 Å². The lowest BCUT2D eigenvalue weighted by Crippen LogP contribution is -2.40. The van der Waals surface area contributed by atoms with Crippen molar-refractivity contribution in [2.24, 2.45) is 22.7 Å². The van der Waals surface area contributed by atoms with Crippen LogP contribution in [-0.4, -0.2) is 33.1 Å². The Morgan fingerprint density at radius 1 is 1.37 bits per heavy atom. The molecule has 5 heteroatoms. The number of carbonyl (C=O) groups is 1. The molecule has 3 aliphatic rings. The van der Waals surface area contributed by atoms with E-state index in [1.165, 1.54) is 0 Å². The molecule has 2 fully saturated rings. The number of rotatable bonds is 2. The van der Waals surface area contributed by atoms with Gasteiger partial charge >= 0.3 is 0 Å². The van der Waals surface area contributed by atoms with Gasteiger partial charge in [-0.2, -0.15) is 4.99 Å². The van der Waals surface area contributed by atoms with E-state index < -0.39 is 4.75 Å². The lowest BCUT2D eigenvalue weighted by molar-refractivity contribution is -0.120. The minimum Gasteiger partial charge on any atom is -0.393 e. The first kappa shape index (κ1) is 13.4. The Morgan fingerprint density at radius 3 is 2.58 bits per heavy atom. The molecule has 0 aromatic heterocycles. The van der Waals surface area contributed by atoms with Gasteiger partial charge in [-0.1, -0.05) is 25.6 Å². The zero-order valence-electron chi connectivity index (χ0n) is 11.7. The van der Waals surface area contributed by atoms with E-state index in [2.05, 4.69) is 24.2 Å². The summed E-state index contributed by atoms with van der Waals surface area (Å²) >= 11 is 1.57. The van der Waals surface area contributed by atoms with Crippen LogP contribution in [0.2, 0.25) is 0 Å². The maximum Gasteiger partial charge on any atom is 0.264 e. The molecule has 2 aliphatic carbocycles. The number of amides is 1. The summed E-state index contributed by atoms with van der Waals surface area (Å²) in [6.45, 7) is 6.11. The summed E-state index contributed by atoms with van der Waals surface area (Å²) in [5, 5.41) is 14.0. The third-order valence-electron chi connectivity index (χ3n) is 5.17. The number of fused-ring (bicyclic) bond motifs is 2. The SMILES string of the molecule is CC(C)[C@]1(C)SC(N[C@H]2C[C@@H]3C[C@@H]2CC3O)=NC1=O. The van der Waals surface area contributed by atoms with Crippen molar-refractivity contribution in [3.05, 3.63) is 0 Å². The van der Waals surface area contributed by atoms with Crippen LogP contribution < -0.4 is 5.32 Å². The van der Waals surface area contributed by atoms with E-state index in [0.717, 1.165) is 24.4 Å². The predicted molar refractivity (Wildman–Crippen MR) is 77.0 cm³/mol. The number of aliphatic hydroxyl groups is 1. The standard InChI is InChI=1S/C14H22N2O2S/c1-7(2)14(3)12(18)16-13(19-14)15-10-5-9-4-8(10)6-11(9)17/h7-11,17H,4-6H2,1-3H3,(H,15,16,18)/t8-,9+,10+,11?,14+/m1/s1. The van der Waals surface area contributed by atoms with Gasteiger partial charge in [0.05, 0.1) is 6.10 Å². The first-order valence-corrected chi connectivity index (χ1v) is 7.98. The number of carbonyl (C=O) groups excluding carboxylic acids is 1. The molecule has 0 radical (unpaired) electrons. The first-order valence-electron chi connectivity index (χ1n) is 7.17. The molecule has 1 amide bonds. The van der Waals surface area contributed by atoms with Gasteiger partial charge < -0.3 is 10.4 Å². The Morgan fingerprint density at radius 2 is 2.11 bits per heavy atom. The molecular weight excluding hydrogens is 260 g/mol. The fourth-order valence-corrected chi connectivity index (χ4v) is 4.59. The fraction of sp³-hybridized carbons (Fsp3) is 0.857. The Kier molecular flexibility index (Phi) is 3.17. The highest BCUT2D eigenvalue weighted by Gasteiger charge is 2.48. The molecule has 3 rings (SSSR count). The third kappa shape index (κ3) is 2.11. The zero-order valence-corrected chi connectivity index (χ0v) is 12.5. The molecule has 0 aromatic carbocycles. The van der Waals surface area contributed by atoms with Gasteiger partial charge in [-0.15, -0.1) is 0 Å². The van der Waals surface area contributed by atoms with Gasteiger partial charge in [-0.05, 0) is 43.9 Å². The number of nitrogens with one attached hydrogen (secondary N) is 1. The van der Waals surface area contributed by atoms with E-state index >= 15 is 0 Å². The van der Waals surface area contributed by atoms with Crippen LogP contribution in [0.25, 0.3) is 0 Å². The van der Waals surface area contributed by atoms with Crippen LogP contribution in [0.15, 0.2) is 4.99 Å². The number of thioether (sulfide) groups is 1. The second-order valence-corrected chi connectivity index (χ2v) is 8.07. The number of nitrogens with zero attached hydrogens (tertiary/aromatic N) is 1. The Hall–Kier alpha value is -0.550. The van der Waals surface area contributed by atoms with Crippen LogP contribution >= 0.6 is 11.8 Å². The maximum atomic E-state index is 12.0. The quantitative estimate of drug-likeness (QED) is 0.810. The molecule has 0 spiro atoms. The summed E-state index contributed by atoms with van der Waals surface area (Å²) in [7, 11) is 0. The van der Waals surface area contributed by atoms with Gasteiger partial charge in [-0.3, -0.25) is 4.79 Å². The molecule has 4 nitrogen and oxygen atoms in total. The number of amidine groups is 1. The summed E-state index contributed by atoms with van der Waals surface area (Å²) in [6, 6.07) is 0.391. The third-order valence-corrected chi connectivity index (χ3v) is 6.64. The molecular formula is C14H22N2O2S. The van der Waals surface area contributed by atoms with Crippen molar-refractivity contribution in [2.75, 3.05) is 0 Å². The summed E-state index contributed by atoms with van der Waals surface area (Å²) in [6.07, 6.45) is 2.92. The van der Waals surface area contributed by atoms with Crippen LogP contribution in [0.4, 0.5) is 0 Å². The highest BCUT2D eigenvalue weighted by molar-refractivity contribution is 8.16. The lowest BCUT2D eigenvalue weighted by atomic mass is 9.93. The van der Waals surface area contributed by atoms with E-state index in [1.807, 2.05) is 6.92 Å². The van der Waals surface area contributed by atoms with Crippen LogP contribution in [0.3, 0.4) is 0 Å². The zero-order chi connectivity index (χ0) is 13.8. The monoisotopic (exact) mass is 282 g/mol. The molecule has 106 valence electrons. The summed E-state index contributed by atoms with van der Waals surface area (Å²) in [4.78, 5) is 16.2. The van der Waals surface area contributed by atoms with E-state index in [1.54, 1.807) is 11.8 Å². The number of aliphatic hydroxyl groups excluding tert-OH is 1. The van der Waals surface area contributed by atoms with Gasteiger partial charge in [0.1, 0.15) is 4.75 Å². The highest BCUT2D eigenvalue weighted by atomic mass is 32.2. The van der Waals surface area contributed by atoms with Crippen molar-refractivity contribution in [2.45, 2.75) is 56.9 Å². The predicted octanol–water partition coefficient (Wildman–Crippen LogP) is 1.78. The molecule has 1 heterocycles. The highest BCUT2D eigenvalue weighted by Crippen LogP contribution is 2.46. The molecule has 0 saturated heterocycles. The number of hydrogen-bond acceptors (Lipinski definition) is 4. The second-order valence-electron chi connectivity index (χ2n) is 6.63. The number of hydrogen-bond donors (Lipinski definition) is 2. The Bertz CT molecular complexity index is 435. The average molecular weight is 282 g/mol. The van der Waals surface area contributed by atoms with Crippen molar-refractivity contribution in [3.8, 4) is 0 Å². The van der Waals surface area contributed by atoms with Gasteiger partial charge in [0.25, 0.3) is 5.91 Å². The molecule has 1 aliphatic heterocycles. The molecule has 5 atom stereocenters. The lowest BCUT2D eigenvalue weighted by Gasteiger charge is -2.28. The van der Waals surface area contributed by atoms with Crippen molar-refractivity contribution >= 4 is 22.8 Å². The smallest absolute Gasteiger partial charge is 0.264 e.